The van der Waals surface area contributed by atoms with Gasteiger partial charge in [-0.3, -0.25) is 0 Å². The maximum Gasteiger partial charge on any atom is 0.161 e. The molecule has 3 nitrogen and oxygen atoms in total. The summed E-state index contributed by atoms with van der Waals surface area (Å²) >= 11 is 0. The quantitative estimate of drug-likeness (QED) is 0.834. The van der Waals surface area contributed by atoms with Crippen molar-refractivity contribution in [3.05, 3.63) is 23.8 Å². The van der Waals surface area contributed by atoms with Crippen molar-refractivity contribution >= 4 is 12.4 Å². The van der Waals surface area contributed by atoms with Crippen molar-refractivity contribution in [2.45, 2.75) is 38.6 Å². The number of fused-ring (bicyclic) bond motifs is 1. The second kappa shape index (κ2) is 7.49. The molecule has 0 aromatic heterocycles. The Balaban J connectivity index is 0.00000162. The number of ether oxygens (including phenoxy) is 2. The van der Waals surface area contributed by atoms with Crippen LogP contribution in [0.5, 0.6) is 11.5 Å². The Kier molecular flexibility index (Phi) is 6.30. The normalized spacial score (nSPS) is 14.8. The van der Waals surface area contributed by atoms with Crippen LogP contribution in [0.25, 0.3) is 0 Å². The van der Waals surface area contributed by atoms with E-state index in [0.717, 1.165) is 23.5 Å². The lowest BCUT2D eigenvalue weighted by Crippen LogP contribution is -2.16. The van der Waals surface area contributed by atoms with Gasteiger partial charge in [-0.1, -0.05) is 32.3 Å². The van der Waals surface area contributed by atoms with Crippen molar-refractivity contribution in [3.8, 4) is 11.5 Å². The molecule has 0 amide bonds. The molecule has 1 heterocycles. The molecule has 0 bridgehead atoms. The van der Waals surface area contributed by atoms with E-state index in [-0.39, 0.29) is 18.4 Å². The van der Waals surface area contributed by atoms with Gasteiger partial charge in [0, 0.05) is 6.04 Å². The highest BCUT2D eigenvalue weighted by Crippen LogP contribution is 2.33. The van der Waals surface area contributed by atoms with Gasteiger partial charge in [-0.05, 0) is 24.1 Å². The Morgan fingerprint density at radius 2 is 1.89 bits per heavy atom. The molecule has 0 aliphatic carbocycles. The van der Waals surface area contributed by atoms with Crippen LogP contribution in [-0.2, 0) is 0 Å². The van der Waals surface area contributed by atoms with Crippen LogP contribution in [0.1, 0.15) is 44.2 Å². The van der Waals surface area contributed by atoms with Gasteiger partial charge < -0.3 is 15.2 Å². The molecule has 0 spiro atoms. The van der Waals surface area contributed by atoms with Crippen LogP contribution in [0.15, 0.2) is 18.2 Å². The van der Waals surface area contributed by atoms with E-state index in [2.05, 4.69) is 6.92 Å². The molecule has 18 heavy (non-hydrogen) atoms. The van der Waals surface area contributed by atoms with Crippen molar-refractivity contribution in [2.75, 3.05) is 13.2 Å². The van der Waals surface area contributed by atoms with E-state index in [1.807, 2.05) is 18.2 Å². The summed E-state index contributed by atoms with van der Waals surface area (Å²) in [5.74, 6) is 1.67. The zero-order valence-corrected chi connectivity index (χ0v) is 11.7. The average molecular weight is 272 g/mol. The molecule has 4 heteroatoms. The maximum atomic E-state index is 6.17. The first-order valence-electron chi connectivity index (χ1n) is 6.46. The molecule has 1 atom stereocenters. The zero-order valence-electron chi connectivity index (χ0n) is 10.9. The second-order valence-corrected chi connectivity index (χ2v) is 4.51. The standard InChI is InChI=1S/C14H21NO2.ClH/c1-2-3-4-5-12(15)11-6-7-13-14(10-11)17-9-8-16-13;/h6-7,10,12H,2-5,8-9,15H2,1H3;1H/t12-;/m1./s1. The van der Waals surface area contributed by atoms with Gasteiger partial charge in [0.05, 0.1) is 0 Å². The Morgan fingerprint density at radius 3 is 2.61 bits per heavy atom. The smallest absolute Gasteiger partial charge is 0.161 e. The van der Waals surface area contributed by atoms with Gasteiger partial charge in [-0.2, -0.15) is 0 Å². The minimum absolute atomic E-state index is 0. The fourth-order valence-electron chi connectivity index (χ4n) is 2.07. The van der Waals surface area contributed by atoms with Crippen LogP contribution in [0, 0.1) is 0 Å². The molecule has 0 fully saturated rings. The predicted octanol–water partition coefficient (Wildman–Crippen LogP) is 3.46. The first-order valence-corrected chi connectivity index (χ1v) is 6.46. The van der Waals surface area contributed by atoms with E-state index >= 15 is 0 Å². The van der Waals surface area contributed by atoms with Gasteiger partial charge in [0.15, 0.2) is 11.5 Å². The molecule has 2 rings (SSSR count). The lowest BCUT2D eigenvalue weighted by Gasteiger charge is -2.20. The van der Waals surface area contributed by atoms with Gasteiger partial charge in [0.25, 0.3) is 0 Å². The van der Waals surface area contributed by atoms with Crippen molar-refractivity contribution in [2.24, 2.45) is 5.73 Å². The van der Waals surface area contributed by atoms with Crippen LogP contribution < -0.4 is 15.2 Å². The van der Waals surface area contributed by atoms with E-state index in [1.165, 1.54) is 19.3 Å². The van der Waals surface area contributed by atoms with E-state index in [9.17, 15) is 0 Å². The van der Waals surface area contributed by atoms with E-state index < -0.39 is 0 Å². The Labute approximate surface area is 115 Å². The molecule has 0 radical (unpaired) electrons. The minimum atomic E-state index is 0. The second-order valence-electron chi connectivity index (χ2n) is 4.51. The van der Waals surface area contributed by atoms with Gasteiger partial charge in [0.1, 0.15) is 13.2 Å². The first-order chi connectivity index (χ1) is 8.31. The lowest BCUT2D eigenvalue weighted by atomic mass is 10.0. The van der Waals surface area contributed by atoms with E-state index in [1.54, 1.807) is 0 Å². The van der Waals surface area contributed by atoms with Crippen LogP contribution in [-0.4, -0.2) is 13.2 Å². The third kappa shape index (κ3) is 3.79. The molecule has 0 saturated carbocycles. The number of unbranched alkanes of at least 4 members (excludes halogenated alkanes) is 2. The largest absolute Gasteiger partial charge is 0.486 e. The molecule has 0 unspecified atom stereocenters. The molecule has 0 saturated heterocycles. The van der Waals surface area contributed by atoms with Crippen molar-refractivity contribution in [1.82, 2.24) is 0 Å². The molecule has 1 aliphatic heterocycles. The monoisotopic (exact) mass is 271 g/mol. The summed E-state index contributed by atoms with van der Waals surface area (Å²) in [4.78, 5) is 0. The topological polar surface area (TPSA) is 44.5 Å². The Hall–Kier alpha value is -0.930. The summed E-state index contributed by atoms with van der Waals surface area (Å²) in [6, 6.07) is 6.14. The molecule has 102 valence electrons. The summed E-state index contributed by atoms with van der Waals surface area (Å²) < 4.78 is 11.1. The molecule has 1 aliphatic rings. The lowest BCUT2D eigenvalue weighted by molar-refractivity contribution is 0.171. The Bertz CT molecular complexity index is 371. The number of hydrogen-bond acceptors (Lipinski definition) is 3. The number of nitrogens with two attached hydrogens (primary N) is 1. The molecular weight excluding hydrogens is 250 g/mol. The summed E-state index contributed by atoms with van der Waals surface area (Å²) in [5, 5.41) is 0. The third-order valence-electron chi connectivity index (χ3n) is 3.11. The predicted molar refractivity (Wildman–Crippen MR) is 75.8 cm³/mol. The van der Waals surface area contributed by atoms with Crippen LogP contribution in [0.2, 0.25) is 0 Å². The van der Waals surface area contributed by atoms with Gasteiger partial charge in [-0.25, -0.2) is 0 Å². The average Bonchev–Trinajstić information content (AvgIpc) is 2.38. The molecule has 1 aromatic rings. The number of benzene rings is 1. The zero-order chi connectivity index (χ0) is 12.1. The highest BCUT2D eigenvalue weighted by atomic mass is 35.5. The molecule has 1 aromatic carbocycles. The summed E-state index contributed by atoms with van der Waals surface area (Å²) in [6.07, 6.45) is 4.70. The van der Waals surface area contributed by atoms with Crippen LogP contribution >= 0.6 is 12.4 Å². The SMILES string of the molecule is CCCCC[C@@H](N)c1ccc2c(c1)OCCO2.Cl. The van der Waals surface area contributed by atoms with E-state index in [0.29, 0.717) is 13.2 Å². The highest BCUT2D eigenvalue weighted by Gasteiger charge is 2.14. The minimum Gasteiger partial charge on any atom is -0.486 e. The number of halogens is 1. The first kappa shape index (κ1) is 15.1. The molecule has 2 N–H and O–H groups in total. The highest BCUT2D eigenvalue weighted by molar-refractivity contribution is 5.85. The van der Waals surface area contributed by atoms with Crippen molar-refractivity contribution in [1.29, 1.82) is 0 Å². The van der Waals surface area contributed by atoms with Crippen molar-refractivity contribution in [3.63, 3.8) is 0 Å². The van der Waals surface area contributed by atoms with Crippen LogP contribution in [0.3, 0.4) is 0 Å². The maximum absolute atomic E-state index is 6.17. The number of rotatable bonds is 5. The fourth-order valence-corrected chi connectivity index (χ4v) is 2.07. The van der Waals surface area contributed by atoms with Gasteiger partial charge >= 0.3 is 0 Å². The van der Waals surface area contributed by atoms with E-state index in [4.69, 9.17) is 15.2 Å². The van der Waals surface area contributed by atoms with Crippen LogP contribution in [0.4, 0.5) is 0 Å². The summed E-state index contributed by atoms with van der Waals surface area (Å²) in [5.41, 5.74) is 7.32. The van der Waals surface area contributed by atoms with Crippen molar-refractivity contribution < 1.29 is 9.47 Å². The fraction of sp³-hybridized carbons (Fsp3) is 0.571. The molecular formula is C14H22ClNO2. The summed E-state index contributed by atoms with van der Waals surface area (Å²) in [7, 11) is 0. The summed E-state index contributed by atoms with van der Waals surface area (Å²) in [6.45, 7) is 3.46. The number of hydrogen-bond donors (Lipinski definition) is 1. The van der Waals surface area contributed by atoms with Gasteiger partial charge in [0.2, 0.25) is 0 Å². The van der Waals surface area contributed by atoms with Gasteiger partial charge in [-0.15, -0.1) is 12.4 Å². The Morgan fingerprint density at radius 1 is 1.17 bits per heavy atom. The third-order valence-corrected chi connectivity index (χ3v) is 3.11.